The first-order valence-electron chi connectivity index (χ1n) is 4.22. The topological polar surface area (TPSA) is 32.7 Å². The minimum Gasteiger partial charge on any atom is -0.394 e. The number of ether oxygens (including phenoxy) is 1. The number of rotatable bonds is 3. The Balaban J connectivity index is 2.53. The number of halogens is 1. The van der Waals surface area contributed by atoms with E-state index in [-0.39, 0.29) is 18.8 Å². The van der Waals surface area contributed by atoms with Gasteiger partial charge in [0.2, 0.25) is 0 Å². The lowest BCUT2D eigenvalue weighted by Crippen LogP contribution is -2.57. The van der Waals surface area contributed by atoms with Crippen LogP contribution in [0.5, 0.6) is 0 Å². The molecule has 1 saturated heterocycles. The van der Waals surface area contributed by atoms with Crippen molar-refractivity contribution in [1.29, 1.82) is 0 Å². The average molecular weight is 177 g/mol. The molecule has 72 valence electrons. The molecule has 1 N–H and O–H groups in total. The summed E-state index contributed by atoms with van der Waals surface area (Å²) in [6, 6.07) is 0. The van der Waals surface area contributed by atoms with Gasteiger partial charge < -0.3 is 9.84 Å². The molecular formula is C8H16FNO2. The minimum atomic E-state index is -0.385. The number of nitrogens with zero attached hydrogens (tertiary/aromatic N) is 1. The number of alkyl halides is 1. The van der Waals surface area contributed by atoms with Gasteiger partial charge in [0.1, 0.15) is 6.67 Å². The van der Waals surface area contributed by atoms with Crippen LogP contribution in [0.25, 0.3) is 0 Å². The molecule has 1 fully saturated rings. The molecule has 1 aliphatic rings. The zero-order valence-electron chi connectivity index (χ0n) is 7.42. The molecule has 1 rings (SSSR count). The molecule has 0 bridgehead atoms. The van der Waals surface area contributed by atoms with E-state index in [0.717, 1.165) is 0 Å². The third-order valence-electron chi connectivity index (χ3n) is 2.38. The predicted octanol–water partition coefficient (Wildman–Crippen LogP) is 0.0391. The van der Waals surface area contributed by atoms with Crippen molar-refractivity contribution in [3.05, 3.63) is 0 Å². The van der Waals surface area contributed by atoms with E-state index < -0.39 is 0 Å². The quantitative estimate of drug-likeness (QED) is 0.660. The fourth-order valence-electron chi connectivity index (χ4n) is 1.46. The standard InChI is InChI=1S/C8H16FNO2/c1-8(6-11)7-12-5-4-10(8)3-2-9/h11H,2-7H2,1H3. The molecule has 0 aromatic rings. The molecule has 1 aliphatic heterocycles. The normalized spacial score (nSPS) is 32.2. The Hall–Kier alpha value is -0.190. The van der Waals surface area contributed by atoms with Gasteiger partial charge in [-0.15, -0.1) is 0 Å². The molecular weight excluding hydrogens is 161 g/mol. The van der Waals surface area contributed by atoms with Gasteiger partial charge in [-0.1, -0.05) is 0 Å². The summed E-state index contributed by atoms with van der Waals surface area (Å²) < 4.78 is 17.3. The van der Waals surface area contributed by atoms with Crippen LogP contribution < -0.4 is 0 Å². The number of aliphatic hydroxyl groups excluding tert-OH is 1. The van der Waals surface area contributed by atoms with Crippen LogP contribution in [0.1, 0.15) is 6.92 Å². The second kappa shape index (κ2) is 4.16. The summed E-state index contributed by atoms with van der Waals surface area (Å²) in [7, 11) is 0. The Morgan fingerprint density at radius 1 is 1.67 bits per heavy atom. The summed E-state index contributed by atoms with van der Waals surface area (Å²) in [6.07, 6.45) is 0. The Bertz CT molecular complexity index is 143. The van der Waals surface area contributed by atoms with E-state index in [1.807, 2.05) is 11.8 Å². The number of morpholine rings is 1. The van der Waals surface area contributed by atoms with Crippen LogP contribution in [0.2, 0.25) is 0 Å². The summed E-state index contributed by atoms with van der Waals surface area (Å²) >= 11 is 0. The first-order valence-corrected chi connectivity index (χ1v) is 4.22. The lowest BCUT2D eigenvalue weighted by atomic mass is 10.0. The zero-order valence-corrected chi connectivity index (χ0v) is 7.42. The number of hydrogen-bond donors (Lipinski definition) is 1. The Kier molecular flexibility index (Phi) is 3.43. The Labute approximate surface area is 72.1 Å². The first kappa shape index (κ1) is 9.89. The molecule has 0 aromatic carbocycles. The molecule has 0 amide bonds. The van der Waals surface area contributed by atoms with Gasteiger partial charge in [-0.05, 0) is 6.92 Å². The highest BCUT2D eigenvalue weighted by molar-refractivity contribution is 4.88. The molecule has 1 unspecified atom stereocenters. The number of aliphatic hydroxyl groups is 1. The summed E-state index contributed by atoms with van der Waals surface area (Å²) in [6.45, 7) is 3.77. The zero-order chi connectivity index (χ0) is 9.03. The monoisotopic (exact) mass is 177 g/mol. The Morgan fingerprint density at radius 2 is 2.42 bits per heavy atom. The summed E-state index contributed by atoms with van der Waals surface area (Å²) in [4.78, 5) is 1.94. The second-order valence-electron chi connectivity index (χ2n) is 3.38. The molecule has 0 radical (unpaired) electrons. The van der Waals surface area contributed by atoms with E-state index in [9.17, 15) is 4.39 Å². The smallest absolute Gasteiger partial charge is 0.102 e. The maximum atomic E-state index is 12.1. The molecule has 0 saturated carbocycles. The van der Waals surface area contributed by atoms with Gasteiger partial charge in [-0.25, -0.2) is 4.39 Å². The molecule has 1 atom stereocenters. The minimum absolute atomic E-state index is 0.0208. The molecule has 4 heteroatoms. The van der Waals surface area contributed by atoms with Crippen LogP contribution in [0.3, 0.4) is 0 Å². The fourth-order valence-corrected chi connectivity index (χ4v) is 1.46. The van der Waals surface area contributed by atoms with Crippen LogP contribution in [0.4, 0.5) is 4.39 Å². The maximum absolute atomic E-state index is 12.1. The van der Waals surface area contributed by atoms with Crippen molar-refractivity contribution in [2.24, 2.45) is 0 Å². The van der Waals surface area contributed by atoms with Gasteiger partial charge in [0.15, 0.2) is 0 Å². The number of hydrogen-bond acceptors (Lipinski definition) is 3. The largest absolute Gasteiger partial charge is 0.394 e. The third-order valence-corrected chi connectivity index (χ3v) is 2.38. The van der Waals surface area contributed by atoms with E-state index in [0.29, 0.717) is 26.3 Å². The Morgan fingerprint density at radius 3 is 3.00 bits per heavy atom. The van der Waals surface area contributed by atoms with E-state index in [1.165, 1.54) is 0 Å². The first-order chi connectivity index (χ1) is 5.73. The van der Waals surface area contributed by atoms with Gasteiger partial charge in [-0.3, -0.25) is 4.90 Å². The van der Waals surface area contributed by atoms with Crippen molar-refractivity contribution in [3.63, 3.8) is 0 Å². The highest BCUT2D eigenvalue weighted by Crippen LogP contribution is 2.18. The lowest BCUT2D eigenvalue weighted by Gasteiger charge is -2.42. The molecule has 1 heterocycles. The van der Waals surface area contributed by atoms with E-state index in [1.54, 1.807) is 0 Å². The van der Waals surface area contributed by atoms with Crippen LogP contribution in [0.15, 0.2) is 0 Å². The molecule has 0 aliphatic carbocycles. The summed E-state index contributed by atoms with van der Waals surface area (Å²) in [5.41, 5.74) is -0.385. The van der Waals surface area contributed by atoms with Crippen molar-refractivity contribution >= 4 is 0 Å². The third kappa shape index (κ3) is 1.94. The SMILES string of the molecule is CC1(CO)COCCN1CCF. The van der Waals surface area contributed by atoms with E-state index >= 15 is 0 Å². The maximum Gasteiger partial charge on any atom is 0.102 e. The van der Waals surface area contributed by atoms with Crippen LogP contribution >= 0.6 is 0 Å². The van der Waals surface area contributed by atoms with Crippen molar-refractivity contribution in [3.8, 4) is 0 Å². The molecule has 0 aromatic heterocycles. The van der Waals surface area contributed by atoms with Crippen molar-refractivity contribution in [2.45, 2.75) is 12.5 Å². The second-order valence-corrected chi connectivity index (χ2v) is 3.38. The molecule has 0 spiro atoms. The molecule has 12 heavy (non-hydrogen) atoms. The fraction of sp³-hybridized carbons (Fsp3) is 1.00. The average Bonchev–Trinajstić information content (AvgIpc) is 2.10. The highest BCUT2D eigenvalue weighted by Gasteiger charge is 2.34. The summed E-state index contributed by atoms with van der Waals surface area (Å²) in [5, 5.41) is 9.10. The van der Waals surface area contributed by atoms with Gasteiger partial charge in [0.25, 0.3) is 0 Å². The predicted molar refractivity (Wildman–Crippen MR) is 43.9 cm³/mol. The molecule has 3 nitrogen and oxygen atoms in total. The van der Waals surface area contributed by atoms with Gasteiger partial charge in [-0.2, -0.15) is 0 Å². The van der Waals surface area contributed by atoms with Crippen LogP contribution in [0, 0.1) is 0 Å². The van der Waals surface area contributed by atoms with E-state index in [4.69, 9.17) is 9.84 Å². The summed E-state index contributed by atoms with van der Waals surface area (Å²) in [5.74, 6) is 0. The van der Waals surface area contributed by atoms with Crippen LogP contribution in [-0.4, -0.2) is 55.1 Å². The van der Waals surface area contributed by atoms with Gasteiger partial charge >= 0.3 is 0 Å². The van der Waals surface area contributed by atoms with E-state index in [2.05, 4.69) is 0 Å². The van der Waals surface area contributed by atoms with Crippen molar-refractivity contribution in [1.82, 2.24) is 4.90 Å². The van der Waals surface area contributed by atoms with Crippen molar-refractivity contribution < 1.29 is 14.2 Å². The lowest BCUT2D eigenvalue weighted by molar-refractivity contribution is -0.0834. The van der Waals surface area contributed by atoms with Crippen LogP contribution in [-0.2, 0) is 4.74 Å². The van der Waals surface area contributed by atoms with Crippen molar-refractivity contribution in [2.75, 3.05) is 39.6 Å². The highest BCUT2D eigenvalue weighted by atomic mass is 19.1. The van der Waals surface area contributed by atoms with Gasteiger partial charge in [0, 0.05) is 13.1 Å². The van der Waals surface area contributed by atoms with Gasteiger partial charge in [0.05, 0.1) is 25.4 Å².